The molecule has 25 heavy (non-hydrogen) atoms. The SMILES string of the molecule is CN=C(NCc1ccnc(C)n1)N1CCC(c2ccccc2C)C1.I. The van der Waals surface area contributed by atoms with Crippen LogP contribution in [0.5, 0.6) is 0 Å². The fourth-order valence-electron chi connectivity index (χ4n) is 3.36. The van der Waals surface area contributed by atoms with Crippen molar-refractivity contribution in [2.75, 3.05) is 20.1 Å². The number of nitrogens with zero attached hydrogens (tertiary/aromatic N) is 4. The Bertz CT molecular complexity index is 731. The molecule has 1 atom stereocenters. The van der Waals surface area contributed by atoms with Crippen LogP contribution in [0.25, 0.3) is 0 Å². The Morgan fingerprint density at radius 3 is 2.80 bits per heavy atom. The Hall–Kier alpha value is -1.70. The smallest absolute Gasteiger partial charge is 0.193 e. The second-order valence-corrected chi connectivity index (χ2v) is 6.28. The molecule has 1 aliphatic heterocycles. The molecule has 5 nitrogen and oxygen atoms in total. The Labute approximate surface area is 167 Å². The number of rotatable bonds is 3. The predicted octanol–water partition coefficient (Wildman–Crippen LogP) is 3.28. The molecule has 1 unspecified atom stereocenters. The van der Waals surface area contributed by atoms with Crippen molar-refractivity contribution >= 4 is 29.9 Å². The summed E-state index contributed by atoms with van der Waals surface area (Å²) in [6.07, 6.45) is 2.96. The van der Waals surface area contributed by atoms with Gasteiger partial charge in [0.15, 0.2) is 5.96 Å². The molecule has 0 radical (unpaired) electrons. The minimum Gasteiger partial charge on any atom is -0.351 e. The Morgan fingerprint density at radius 1 is 1.28 bits per heavy atom. The number of guanidine groups is 1. The van der Waals surface area contributed by atoms with Crippen LogP contribution in [0.2, 0.25) is 0 Å². The molecule has 1 saturated heterocycles. The van der Waals surface area contributed by atoms with E-state index in [0.29, 0.717) is 12.5 Å². The van der Waals surface area contributed by atoms with Gasteiger partial charge in [0.25, 0.3) is 0 Å². The first kappa shape index (κ1) is 19.6. The monoisotopic (exact) mass is 451 g/mol. The zero-order valence-corrected chi connectivity index (χ0v) is 17.4. The molecule has 1 aromatic carbocycles. The Kier molecular flexibility index (Phi) is 7.16. The van der Waals surface area contributed by atoms with E-state index < -0.39 is 0 Å². The highest BCUT2D eigenvalue weighted by molar-refractivity contribution is 14.0. The van der Waals surface area contributed by atoms with Crippen LogP contribution in [-0.2, 0) is 6.54 Å². The van der Waals surface area contributed by atoms with Crippen molar-refractivity contribution in [1.29, 1.82) is 0 Å². The number of aryl methyl sites for hydroxylation is 2. The van der Waals surface area contributed by atoms with E-state index in [1.54, 1.807) is 6.20 Å². The van der Waals surface area contributed by atoms with E-state index >= 15 is 0 Å². The zero-order valence-electron chi connectivity index (χ0n) is 15.1. The van der Waals surface area contributed by atoms with E-state index in [1.165, 1.54) is 11.1 Å². The van der Waals surface area contributed by atoms with Gasteiger partial charge in [-0.25, -0.2) is 9.97 Å². The summed E-state index contributed by atoms with van der Waals surface area (Å²) in [6.45, 7) is 6.81. The summed E-state index contributed by atoms with van der Waals surface area (Å²) >= 11 is 0. The van der Waals surface area contributed by atoms with Crippen LogP contribution in [0.1, 0.15) is 35.0 Å². The third kappa shape index (κ3) is 4.90. The second-order valence-electron chi connectivity index (χ2n) is 6.28. The molecule has 3 rings (SSSR count). The van der Waals surface area contributed by atoms with Crippen molar-refractivity contribution in [3.8, 4) is 0 Å². The number of aromatic nitrogens is 2. The molecule has 2 aromatic rings. The van der Waals surface area contributed by atoms with E-state index in [1.807, 2.05) is 20.0 Å². The van der Waals surface area contributed by atoms with Gasteiger partial charge in [-0.05, 0) is 37.5 Å². The van der Waals surface area contributed by atoms with Gasteiger partial charge in [-0.2, -0.15) is 0 Å². The lowest BCUT2D eigenvalue weighted by molar-refractivity contribution is 0.485. The first-order valence-corrected chi connectivity index (χ1v) is 8.47. The van der Waals surface area contributed by atoms with Crippen molar-refractivity contribution in [3.63, 3.8) is 0 Å². The van der Waals surface area contributed by atoms with Crippen LogP contribution in [0.4, 0.5) is 0 Å². The fraction of sp³-hybridized carbons (Fsp3) is 0.421. The van der Waals surface area contributed by atoms with E-state index in [0.717, 1.165) is 37.0 Å². The van der Waals surface area contributed by atoms with Crippen LogP contribution in [0, 0.1) is 13.8 Å². The summed E-state index contributed by atoms with van der Waals surface area (Å²) in [5, 5.41) is 3.43. The summed E-state index contributed by atoms with van der Waals surface area (Å²) in [5.41, 5.74) is 3.82. The number of halogens is 1. The molecular weight excluding hydrogens is 425 g/mol. The zero-order chi connectivity index (χ0) is 16.9. The summed E-state index contributed by atoms with van der Waals surface area (Å²) < 4.78 is 0. The number of benzene rings is 1. The topological polar surface area (TPSA) is 53.4 Å². The van der Waals surface area contributed by atoms with E-state index in [9.17, 15) is 0 Å². The number of hydrogen-bond donors (Lipinski definition) is 1. The highest BCUT2D eigenvalue weighted by Gasteiger charge is 2.26. The summed E-state index contributed by atoms with van der Waals surface area (Å²) in [6, 6.07) is 10.6. The second kappa shape index (κ2) is 9.12. The number of hydrogen-bond acceptors (Lipinski definition) is 3. The normalized spacial score (nSPS) is 17.3. The average molecular weight is 451 g/mol. The molecule has 1 aliphatic rings. The lowest BCUT2D eigenvalue weighted by atomic mass is 9.94. The van der Waals surface area contributed by atoms with Crippen LogP contribution >= 0.6 is 24.0 Å². The maximum Gasteiger partial charge on any atom is 0.193 e. The standard InChI is InChI=1S/C19H25N5.HI/c1-14-6-4-5-7-18(14)16-9-11-24(13-16)19(20-3)22-12-17-8-10-21-15(2)23-17;/h4-8,10,16H,9,11-13H2,1-3H3,(H,20,22);1H. The average Bonchev–Trinajstić information content (AvgIpc) is 3.05. The summed E-state index contributed by atoms with van der Waals surface area (Å²) in [4.78, 5) is 15.4. The van der Waals surface area contributed by atoms with Crippen LogP contribution in [-0.4, -0.2) is 41.0 Å². The fourth-order valence-corrected chi connectivity index (χ4v) is 3.36. The van der Waals surface area contributed by atoms with Gasteiger partial charge in [0.05, 0.1) is 12.2 Å². The first-order valence-electron chi connectivity index (χ1n) is 8.47. The molecule has 0 spiro atoms. The number of nitrogens with one attached hydrogen (secondary N) is 1. The maximum absolute atomic E-state index is 4.45. The largest absolute Gasteiger partial charge is 0.351 e. The molecule has 0 amide bonds. The highest BCUT2D eigenvalue weighted by atomic mass is 127. The lowest BCUT2D eigenvalue weighted by Gasteiger charge is -2.22. The maximum atomic E-state index is 4.45. The van der Waals surface area contributed by atoms with Gasteiger partial charge >= 0.3 is 0 Å². The quantitative estimate of drug-likeness (QED) is 0.442. The summed E-state index contributed by atoms with van der Waals surface area (Å²) in [7, 11) is 1.84. The molecule has 1 N–H and O–H groups in total. The van der Waals surface area contributed by atoms with Crippen molar-refractivity contribution in [2.24, 2.45) is 4.99 Å². The predicted molar refractivity (Wildman–Crippen MR) is 112 cm³/mol. The third-order valence-electron chi connectivity index (χ3n) is 4.59. The third-order valence-corrected chi connectivity index (χ3v) is 4.59. The molecule has 6 heteroatoms. The van der Waals surface area contributed by atoms with Gasteiger partial charge in [0, 0.05) is 32.3 Å². The number of aliphatic imine (C=N–C) groups is 1. The molecule has 0 saturated carbocycles. The minimum atomic E-state index is 0. The highest BCUT2D eigenvalue weighted by Crippen LogP contribution is 2.29. The van der Waals surface area contributed by atoms with Gasteiger partial charge in [0.2, 0.25) is 0 Å². The molecule has 1 aromatic heterocycles. The van der Waals surface area contributed by atoms with Crippen molar-refractivity contribution in [2.45, 2.75) is 32.7 Å². The van der Waals surface area contributed by atoms with Crippen LogP contribution < -0.4 is 5.32 Å². The van der Waals surface area contributed by atoms with Gasteiger partial charge < -0.3 is 10.2 Å². The van der Waals surface area contributed by atoms with Gasteiger partial charge in [0.1, 0.15) is 5.82 Å². The van der Waals surface area contributed by atoms with E-state index in [4.69, 9.17) is 0 Å². The molecule has 134 valence electrons. The van der Waals surface area contributed by atoms with Gasteiger partial charge in [-0.1, -0.05) is 24.3 Å². The lowest BCUT2D eigenvalue weighted by Crippen LogP contribution is -2.39. The van der Waals surface area contributed by atoms with E-state index in [2.05, 4.69) is 56.4 Å². The van der Waals surface area contributed by atoms with Crippen LogP contribution in [0.3, 0.4) is 0 Å². The minimum absolute atomic E-state index is 0. The Balaban J connectivity index is 0.00000225. The first-order chi connectivity index (χ1) is 11.7. The molecular formula is C19H26IN5. The molecule has 2 heterocycles. The van der Waals surface area contributed by atoms with E-state index in [-0.39, 0.29) is 24.0 Å². The molecule has 0 aliphatic carbocycles. The van der Waals surface area contributed by atoms with Gasteiger partial charge in [-0.3, -0.25) is 4.99 Å². The Morgan fingerprint density at radius 2 is 2.08 bits per heavy atom. The van der Waals surface area contributed by atoms with Crippen LogP contribution in [0.15, 0.2) is 41.5 Å². The number of likely N-dealkylation sites (tertiary alicyclic amines) is 1. The van der Waals surface area contributed by atoms with Crippen molar-refractivity contribution < 1.29 is 0 Å². The van der Waals surface area contributed by atoms with Crippen molar-refractivity contribution in [1.82, 2.24) is 20.2 Å². The molecule has 1 fully saturated rings. The van der Waals surface area contributed by atoms with Crippen molar-refractivity contribution in [3.05, 3.63) is 59.2 Å². The summed E-state index contributed by atoms with van der Waals surface area (Å²) in [5.74, 6) is 2.32. The molecule has 0 bridgehead atoms. The van der Waals surface area contributed by atoms with Gasteiger partial charge in [-0.15, -0.1) is 24.0 Å².